The van der Waals surface area contributed by atoms with E-state index in [0.29, 0.717) is 42.1 Å². The number of anilines is 1. The van der Waals surface area contributed by atoms with Gasteiger partial charge in [-0.25, -0.2) is 0 Å². The van der Waals surface area contributed by atoms with Crippen LogP contribution in [0.3, 0.4) is 0 Å². The van der Waals surface area contributed by atoms with Crippen molar-refractivity contribution in [3.05, 3.63) is 42.0 Å². The summed E-state index contributed by atoms with van der Waals surface area (Å²) in [6, 6.07) is 9.03. The number of β-amino-alcohol motifs (C(OH)–C–C–N with tert-alkyl or cyclic N) is 1. The number of carbonyl (C=O) groups excluding carboxylic acids is 5. The monoisotopic (exact) mass is 1010 g/mol. The first-order valence-corrected chi connectivity index (χ1v) is 23.9. The van der Waals surface area contributed by atoms with Gasteiger partial charge in [0.1, 0.15) is 6.04 Å². The SMILES string of the molecule is NC(N)=NCCC[C@H](NC(=O)CN1CCN(CC(=O)O)CCN(CC(=O)O)CCN(CC(=O)O)CC1)C(=O)NCCCCCC(=O)Nc1ccc(C(=O)NCC(=O)N2CC(O)CC2B(O)O)c2ccccc12. The largest absolute Gasteiger partial charge is 0.480 e. The molecule has 2 aliphatic heterocycles. The molecule has 2 aliphatic rings. The number of hydrogen-bond donors (Lipinski definition) is 12. The molecule has 26 nitrogen and oxygen atoms in total. The number of carbonyl (C=O) groups is 8. The van der Waals surface area contributed by atoms with Gasteiger partial charge in [0, 0.05) is 95.1 Å². The third-order valence-corrected chi connectivity index (χ3v) is 12.2. The number of nitrogens with two attached hydrogens (primary N) is 2. The molecule has 396 valence electrons. The van der Waals surface area contributed by atoms with E-state index in [1.54, 1.807) is 49.9 Å². The zero-order valence-corrected chi connectivity index (χ0v) is 40.3. The van der Waals surface area contributed by atoms with Crippen molar-refractivity contribution in [1.82, 2.24) is 40.4 Å². The zero-order valence-electron chi connectivity index (χ0n) is 40.3. The van der Waals surface area contributed by atoms with Crippen LogP contribution >= 0.6 is 0 Å². The highest BCUT2D eigenvalue weighted by Crippen LogP contribution is 2.27. The van der Waals surface area contributed by atoms with Crippen LogP contribution in [0.4, 0.5) is 5.69 Å². The fraction of sp³-hybridized carbons (Fsp3) is 0.578. The predicted octanol–water partition coefficient (Wildman–Crippen LogP) is -3.83. The molecule has 4 rings (SSSR count). The molecule has 14 N–H and O–H groups in total. The summed E-state index contributed by atoms with van der Waals surface area (Å²) in [6.45, 7) is 0.429. The first kappa shape index (κ1) is 58.1. The Morgan fingerprint density at radius 3 is 1.79 bits per heavy atom. The second-order valence-electron chi connectivity index (χ2n) is 17.8. The van der Waals surface area contributed by atoms with E-state index in [1.807, 2.05) is 0 Å². The average molecular weight is 1010 g/mol. The number of carboxylic acid groups (broad SMARTS) is 3. The molecule has 0 aromatic heterocycles. The third-order valence-electron chi connectivity index (χ3n) is 12.2. The number of benzene rings is 2. The summed E-state index contributed by atoms with van der Waals surface area (Å²) in [5, 5.41) is 69.9. The number of guanidine groups is 1. The van der Waals surface area contributed by atoms with Crippen LogP contribution in [0.1, 0.15) is 55.3 Å². The summed E-state index contributed by atoms with van der Waals surface area (Å²) in [4.78, 5) is 113. The highest BCUT2D eigenvalue weighted by Gasteiger charge is 2.41. The van der Waals surface area contributed by atoms with Gasteiger partial charge in [0.2, 0.25) is 23.6 Å². The van der Waals surface area contributed by atoms with Crippen molar-refractivity contribution >= 4 is 77.0 Å². The van der Waals surface area contributed by atoms with E-state index in [4.69, 9.17) is 11.5 Å². The van der Waals surface area contributed by atoms with Gasteiger partial charge in [0.15, 0.2) is 5.96 Å². The second-order valence-corrected chi connectivity index (χ2v) is 17.8. The lowest BCUT2D eigenvalue weighted by Crippen LogP contribution is -2.52. The number of fused-ring (bicyclic) bond motifs is 1. The molecule has 0 aliphatic carbocycles. The molecule has 2 fully saturated rings. The molecule has 27 heteroatoms. The molecule has 0 radical (unpaired) electrons. The van der Waals surface area contributed by atoms with Crippen LogP contribution in [0.25, 0.3) is 10.8 Å². The third kappa shape index (κ3) is 20.3. The van der Waals surface area contributed by atoms with Crippen LogP contribution in [0.5, 0.6) is 0 Å². The Hall–Kier alpha value is -6.49. The van der Waals surface area contributed by atoms with Crippen LogP contribution in [-0.2, 0) is 33.6 Å². The molecular formula is C45H69BN12O14. The standard InChI is InChI=1S/C45H69BN12O14/c47-45(48)50-14-6-9-35(53-38(61)26-54-15-17-55(27-40(63)64)19-21-57(29-42(67)68)22-20-56(18-16-54)28-41(65)66)44(70)49-13-5-1-2-10-37(60)52-34-12-11-33(31-7-3-4-8-32(31)34)43(69)51-24-39(62)58-25-30(59)23-36(58)46(71)72/h3-4,7-8,11-12,30,35-36,59,71-72H,1-2,5-6,9-10,13-29H2,(H,49,70)(H,51,69)(H,52,60)(H,53,61)(H,63,64)(H,65,66)(H,67,68)(H4,47,48,50)/t30?,35-,36?/m0/s1. The molecule has 2 aromatic carbocycles. The normalized spacial score (nSPS) is 18.0. The molecule has 0 bridgehead atoms. The number of unbranched alkanes of at least 4 members (excludes halogenated alkanes) is 2. The lowest BCUT2D eigenvalue weighted by molar-refractivity contribution is -0.140. The molecule has 0 saturated carbocycles. The minimum atomic E-state index is -1.85. The summed E-state index contributed by atoms with van der Waals surface area (Å²) in [5.74, 6) is -6.77. The number of nitrogens with one attached hydrogen (secondary N) is 4. The van der Waals surface area contributed by atoms with E-state index in [-0.39, 0.29) is 135 Å². The molecule has 2 unspecified atom stereocenters. The first-order chi connectivity index (χ1) is 34.3. The summed E-state index contributed by atoms with van der Waals surface area (Å²) in [5.41, 5.74) is 11.6. The van der Waals surface area contributed by atoms with Crippen LogP contribution in [-0.4, -0.2) is 238 Å². The average Bonchev–Trinajstić information content (AvgIpc) is 3.72. The Balaban J connectivity index is 1.29. The summed E-state index contributed by atoms with van der Waals surface area (Å²) < 4.78 is 0. The number of amides is 5. The lowest BCUT2D eigenvalue weighted by atomic mass is 9.77. The van der Waals surface area contributed by atoms with Crippen LogP contribution in [0.2, 0.25) is 0 Å². The van der Waals surface area contributed by atoms with Gasteiger partial charge in [-0.15, -0.1) is 0 Å². The van der Waals surface area contributed by atoms with Gasteiger partial charge in [0.25, 0.3) is 5.91 Å². The van der Waals surface area contributed by atoms with Crippen molar-refractivity contribution in [3.63, 3.8) is 0 Å². The Bertz CT molecular complexity index is 2190. The number of aliphatic imine (C=N–C) groups is 1. The molecule has 3 atom stereocenters. The van der Waals surface area contributed by atoms with E-state index in [1.165, 1.54) is 6.07 Å². The molecular weight excluding hydrogens is 943 g/mol. The van der Waals surface area contributed by atoms with Crippen LogP contribution < -0.4 is 32.7 Å². The first-order valence-electron chi connectivity index (χ1n) is 23.9. The summed E-state index contributed by atoms with van der Waals surface area (Å²) in [7, 11) is -1.85. The Morgan fingerprint density at radius 1 is 0.694 bits per heavy atom. The minimum absolute atomic E-state index is 0.00464. The number of aliphatic hydroxyl groups is 1. The molecule has 2 saturated heterocycles. The highest BCUT2D eigenvalue weighted by molar-refractivity contribution is 6.43. The molecule has 2 aromatic rings. The van der Waals surface area contributed by atoms with Gasteiger partial charge < -0.3 is 68.1 Å². The van der Waals surface area contributed by atoms with Crippen LogP contribution in [0, 0.1) is 0 Å². The topological polar surface area (TPSA) is 387 Å². The number of aliphatic carboxylic acids is 3. The lowest BCUT2D eigenvalue weighted by Gasteiger charge is -2.33. The zero-order chi connectivity index (χ0) is 52.7. The summed E-state index contributed by atoms with van der Waals surface area (Å²) in [6.07, 6.45) is 1.29. The van der Waals surface area contributed by atoms with Crippen molar-refractivity contribution in [2.75, 3.05) is 110 Å². The van der Waals surface area contributed by atoms with Crippen molar-refractivity contribution in [1.29, 1.82) is 0 Å². The number of likely N-dealkylation sites (tertiary alicyclic amines) is 1. The van der Waals surface area contributed by atoms with E-state index in [2.05, 4.69) is 26.3 Å². The number of carboxylic acids is 3. The van der Waals surface area contributed by atoms with E-state index in [0.717, 1.165) is 4.90 Å². The van der Waals surface area contributed by atoms with Crippen LogP contribution in [0.15, 0.2) is 41.4 Å². The predicted molar refractivity (Wildman–Crippen MR) is 263 cm³/mol. The maximum absolute atomic E-state index is 13.6. The van der Waals surface area contributed by atoms with Crippen molar-refractivity contribution in [2.45, 2.75) is 63.0 Å². The van der Waals surface area contributed by atoms with Gasteiger partial charge >= 0.3 is 25.0 Å². The minimum Gasteiger partial charge on any atom is -0.480 e. The maximum atomic E-state index is 13.6. The fourth-order valence-electron chi connectivity index (χ4n) is 8.51. The fourth-order valence-corrected chi connectivity index (χ4v) is 8.51. The highest BCUT2D eigenvalue weighted by atomic mass is 16.4. The summed E-state index contributed by atoms with van der Waals surface area (Å²) >= 11 is 0. The van der Waals surface area contributed by atoms with Gasteiger partial charge in [-0.2, -0.15) is 0 Å². The van der Waals surface area contributed by atoms with E-state index < -0.39 is 73.3 Å². The van der Waals surface area contributed by atoms with Crippen molar-refractivity contribution in [2.24, 2.45) is 16.5 Å². The number of rotatable bonds is 25. The molecule has 72 heavy (non-hydrogen) atoms. The maximum Gasteiger partial charge on any atom is 0.475 e. The quantitative estimate of drug-likeness (QED) is 0.0196. The van der Waals surface area contributed by atoms with Crippen molar-refractivity contribution < 1.29 is 68.8 Å². The Kier molecular flexibility index (Phi) is 24.0. The van der Waals surface area contributed by atoms with Gasteiger partial charge in [-0.1, -0.05) is 30.7 Å². The number of nitrogens with zero attached hydrogens (tertiary/aromatic N) is 6. The second kappa shape index (κ2) is 29.8. The van der Waals surface area contributed by atoms with Gasteiger partial charge in [-0.3, -0.25) is 62.9 Å². The van der Waals surface area contributed by atoms with E-state index in [9.17, 15) is 68.8 Å². The number of hydrogen-bond acceptors (Lipinski definition) is 16. The number of aliphatic hydroxyl groups excluding tert-OH is 1. The van der Waals surface area contributed by atoms with Gasteiger partial charge in [0.05, 0.1) is 44.8 Å². The molecule has 0 spiro atoms. The Labute approximate surface area is 416 Å². The van der Waals surface area contributed by atoms with Crippen molar-refractivity contribution in [3.8, 4) is 0 Å². The smallest absolute Gasteiger partial charge is 0.475 e. The Morgan fingerprint density at radius 2 is 1.25 bits per heavy atom. The molecule has 2 heterocycles. The molecule has 5 amide bonds. The van der Waals surface area contributed by atoms with Gasteiger partial charge in [-0.05, 0) is 49.6 Å². The van der Waals surface area contributed by atoms with E-state index >= 15 is 0 Å².